The van der Waals surface area contributed by atoms with Crippen molar-refractivity contribution in [3.63, 3.8) is 0 Å². The number of hydrogen-bond donors (Lipinski definition) is 0. The van der Waals surface area contributed by atoms with E-state index in [-0.39, 0.29) is 12.1 Å². The topological polar surface area (TPSA) is 17.8 Å². The molecule has 1 aromatic heterocycles. The monoisotopic (exact) mass is 243 g/mol. The number of benzene rings is 1. The van der Waals surface area contributed by atoms with E-state index in [1.807, 2.05) is 0 Å². The van der Waals surface area contributed by atoms with Crippen molar-refractivity contribution in [3.05, 3.63) is 53.6 Å². The van der Waals surface area contributed by atoms with Gasteiger partial charge in [-0.05, 0) is 18.2 Å². The number of alkyl halides is 3. The van der Waals surface area contributed by atoms with E-state index in [1.165, 1.54) is 18.3 Å². The van der Waals surface area contributed by atoms with Crippen molar-refractivity contribution in [3.8, 4) is 0 Å². The average Bonchev–Trinajstić information content (AvgIpc) is 2.69. The Kier molecular flexibility index (Phi) is 2.87. The van der Waals surface area contributed by atoms with Crippen LogP contribution in [-0.2, 0) is 12.7 Å². The summed E-state index contributed by atoms with van der Waals surface area (Å²) < 4.78 is 51.1. The molecule has 1 radical (unpaired) electrons. The van der Waals surface area contributed by atoms with Crippen LogP contribution in [0, 0.1) is 11.9 Å². The SMILES string of the molecule is Fc1c[c]ccc1Cn1ccc(C(F)(F)F)n1. The molecule has 0 saturated heterocycles. The Morgan fingerprint density at radius 1 is 1.29 bits per heavy atom. The lowest BCUT2D eigenvalue weighted by molar-refractivity contribution is -0.141. The van der Waals surface area contributed by atoms with Gasteiger partial charge in [0, 0.05) is 11.8 Å². The molecule has 0 N–H and O–H groups in total. The fourth-order valence-electron chi connectivity index (χ4n) is 1.35. The van der Waals surface area contributed by atoms with Crippen molar-refractivity contribution in [1.29, 1.82) is 0 Å². The number of hydrogen-bond acceptors (Lipinski definition) is 1. The molecule has 1 aromatic carbocycles. The fraction of sp³-hybridized carbons (Fsp3) is 0.182. The molecule has 0 aliphatic rings. The zero-order valence-electron chi connectivity index (χ0n) is 8.50. The summed E-state index contributed by atoms with van der Waals surface area (Å²) in [6.07, 6.45) is -3.31. The van der Waals surface area contributed by atoms with E-state index in [2.05, 4.69) is 11.2 Å². The van der Waals surface area contributed by atoms with Crippen LogP contribution in [0.2, 0.25) is 0 Å². The molecule has 0 bridgehead atoms. The molecule has 0 aliphatic carbocycles. The highest BCUT2D eigenvalue weighted by molar-refractivity contribution is 5.17. The molecule has 0 atom stereocenters. The van der Waals surface area contributed by atoms with Crippen LogP contribution in [0.25, 0.3) is 0 Å². The molecular weight excluding hydrogens is 236 g/mol. The number of halogens is 4. The van der Waals surface area contributed by atoms with Crippen molar-refractivity contribution in [1.82, 2.24) is 9.78 Å². The van der Waals surface area contributed by atoms with Crippen LogP contribution < -0.4 is 0 Å². The van der Waals surface area contributed by atoms with Crippen molar-refractivity contribution in [2.24, 2.45) is 0 Å². The van der Waals surface area contributed by atoms with E-state index in [9.17, 15) is 17.6 Å². The summed E-state index contributed by atoms with van der Waals surface area (Å²) in [4.78, 5) is 0. The zero-order valence-corrected chi connectivity index (χ0v) is 8.50. The molecule has 89 valence electrons. The second-order valence-electron chi connectivity index (χ2n) is 3.41. The molecule has 0 fully saturated rings. The van der Waals surface area contributed by atoms with Gasteiger partial charge >= 0.3 is 6.18 Å². The smallest absolute Gasteiger partial charge is 0.268 e. The van der Waals surface area contributed by atoms with Gasteiger partial charge in [0.1, 0.15) is 5.82 Å². The van der Waals surface area contributed by atoms with Crippen LogP contribution in [0.3, 0.4) is 0 Å². The Morgan fingerprint density at radius 3 is 2.65 bits per heavy atom. The Morgan fingerprint density at radius 2 is 2.06 bits per heavy atom. The van der Waals surface area contributed by atoms with Gasteiger partial charge in [0.05, 0.1) is 6.54 Å². The van der Waals surface area contributed by atoms with Gasteiger partial charge in [0.15, 0.2) is 5.69 Å². The first-order valence-electron chi connectivity index (χ1n) is 4.72. The van der Waals surface area contributed by atoms with Gasteiger partial charge in [0.2, 0.25) is 0 Å². The minimum atomic E-state index is -4.48. The predicted molar refractivity (Wildman–Crippen MR) is 51.6 cm³/mol. The van der Waals surface area contributed by atoms with E-state index >= 15 is 0 Å². The summed E-state index contributed by atoms with van der Waals surface area (Å²) in [5.74, 6) is -0.517. The molecule has 6 heteroatoms. The largest absolute Gasteiger partial charge is 0.435 e. The van der Waals surface area contributed by atoms with E-state index in [0.717, 1.165) is 16.8 Å². The van der Waals surface area contributed by atoms with Gasteiger partial charge in [-0.15, -0.1) is 0 Å². The van der Waals surface area contributed by atoms with Crippen molar-refractivity contribution in [2.45, 2.75) is 12.7 Å². The molecule has 0 amide bonds. The maximum atomic E-state index is 13.2. The summed E-state index contributed by atoms with van der Waals surface area (Å²) in [6.45, 7) is -0.0450. The minimum absolute atomic E-state index is 0.0450. The molecule has 2 aromatic rings. The molecule has 0 spiro atoms. The lowest BCUT2D eigenvalue weighted by Gasteiger charge is -2.04. The third-order valence-electron chi connectivity index (χ3n) is 2.16. The van der Waals surface area contributed by atoms with E-state index in [0.29, 0.717) is 0 Å². The number of nitrogens with zero attached hydrogens (tertiary/aromatic N) is 2. The Labute approximate surface area is 94.5 Å². The molecule has 1 heterocycles. The summed E-state index contributed by atoms with van der Waals surface area (Å²) in [7, 11) is 0. The Bertz CT molecular complexity index is 516. The van der Waals surface area contributed by atoms with Gasteiger partial charge in [-0.2, -0.15) is 18.3 Å². The second-order valence-corrected chi connectivity index (χ2v) is 3.41. The maximum Gasteiger partial charge on any atom is 0.435 e. The van der Waals surface area contributed by atoms with E-state index in [1.54, 1.807) is 0 Å². The van der Waals surface area contributed by atoms with Crippen molar-refractivity contribution < 1.29 is 17.6 Å². The van der Waals surface area contributed by atoms with E-state index < -0.39 is 17.7 Å². The van der Waals surface area contributed by atoms with Crippen LogP contribution in [-0.4, -0.2) is 9.78 Å². The molecule has 0 unspecified atom stereocenters. The highest BCUT2D eigenvalue weighted by Gasteiger charge is 2.33. The summed E-state index contributed by atoms with van der Waals surface area (Å²) in [5.41, 5.74) is -0.721. The number of aromatic nitrogens is 2. The Balaban J connectivity index is 2.21. The lowest BCUT2D eigenvalue weighted by Crippen LogP contribution is -2.09. The van der Waals surface area contributed by atoms with Gasteiger partial charge < -0.3 is 0 Å². The van der Waals surface area contributed by atoms with Crippen molar-refractivity contribution in [2.75, 3.05) is 0 Å². The van der Waals surface area contributed by atoms with Crippen molar-refractivity contribution >= 4 is 0 Å². The zero-order chi connectivity index (χ0) is 12.5. The molecule has 17 heavy (non-hydrogen) atoms. The average molecular weight is 243 g/mol. The van der Waals surface area contributed by atoms with E-state index in [4.69, 9.17) is 0 Å². The standard InChI is InChI=1S/C11H7F4N2/c12-9-4-2-1-3-8(9)7-17-6-5-10(16-17)11(13,14)15/h1,3-6H,7H2. The lowest BCUT2D eigenvalue weighted by atomic mass is 10.2. The number of rotatable bonds is 2. The first-order chi connectivity index (χ1) is 7.97. The molecule has 2 rings (SSSR count). The summed E-state index contributed by atoms with van der Waals surface area (Å²) >= 11 is 0. The highest BCUT2D eigenvalue weighted by atomic mass is 19.4. The molecule has 0 saturated carbocycles. The quantitative estimate of drug-likeness (QED) is 0.741. The van der Waals surface area contributed by atoms with Gasteiger partial charge in [-0.3, -0.25) is 4.68 Å². The Hall–Kier alpha value is -1.85. The normalized spacial score (nSPS) is 11.8. The molecule has 0 aliphatic heterocycles. The maximum absolute atomic E-state index is 13.2. The third-order valence-corrected chi connectivity index (χ3v) is 2.16. The van der Waals surface area contributed by atoms with Crippen LogP contribution >= 0.6 is 0 Å². The van der Waals surface area contributed by atoms with Gasteiger partial charge in [-0.25, -0.2) is 4.39 Å². The minimum Gasteiger partial charge on any atom is -0.268 e. The third kappa shape index (κ3) is 2.64. The highest BCUT2D eigenvalue weighted by Crippen LogP contribution is 2.27. The second kappa shape index (κ2) is 4.20. The fourth-order valence-corrected chi connectivity index (χ4v) is 1.35. The van der Waals surface area contributed by atoms with Gasteiger partial charge in [-0.1, -0.05) is 12.1 Å². The summed E-state index contributed by atoms with van der Waals surface area (Å²) in [6, 6.07) is 7.46. The van der Waals surface area contributed by atoms with Crippen LogP contribution in [0.5, 0.6) is 0 Å². The van der Waals surface area contributed by atoms with Gasteiger partial charge in [0.25, 0.3) is 0 Å². The first-order valence-corrected chi connectivity index (χ1v) is 4.72. The molecule has 2 nitrogen and oxygen atoms in total. The van der Waals surface area contributed by atoms with Crippen LogP contribution in [0.4, 0.5) is 17.6 Å². The predicted octanol–water partition coefficient (Wildman–Crippen LogP) is 2.89. The first kappa shape index (κ1) is 11.6. The van der Waals surface area contributed by atoms with Crippen LogP contribution in [0.15, 0.2) is 30.5 Å². The summed E-state index contributed by atoms with van der Waals surface area (Å²) in [5, 5.41) is 3.33. The molecular formula is C11H7F4N2. The van der Waals surface area contributed by atoms with Crippen LogP contribution in [0.1, 0.15) is 11.3 Å².